The quantitative estimate of drug-likeness (QED) is 0.854. The summed E-state index contributed by atoms with van der Waals surface area (Å²) in [4.78, 5) is 4.71. The van der Waals surface area contributed by atoms with E-state index in [1.54, 1.807) is 0 Å². The molecule has 1 N–H and O–H groups in total. The van der Waals surface area contributed by atoms with E-state index in [1.807, 2.05) is 26.0 Å². The maximum atomic E-state index is 9.79. The summed E-state index contributed by atoms with van der Waals surface area (Å²) < 4.78 is 0. The molecule has 1 aliphatic rings. The maximum absolute atomic E-state index is 9.79. The molecule has 93 valence electrons. The third-order valence-corrected chi connectivity index (χ3v) is 3.05. The fourth-order valence-corrected chi connectivity index (χ4v) is 2.30. The zero-order valence-corrected chi connectivity index (χ0v) is 10.7. The van der Waals surface area contributed by atoms with Crippen molar-refractivity contribution < 1.29 is 5.11 Å². The molecular weight excluding hydrogens is 212 g/mol. The second-order valence-corrected chi connectivity index (χ2v) is 5.33. The number of hydrogen-bond donors (Lipinski definition) is 1. The van der Waals surface area contributed by atoms with Crippen LogP contribution in [0.2, 0.25) is 0 Å². The predicted octanol–water partition coefficient (Wildman–Crippen LogP) is 1.38. The van der Waals surface area contributed by atoms with Crippen molar-refractivity contribution >= 4 is 5.69 Å². The SMILES string of the molecule is CC(C)(O)CN1CCN(c2cc[c]cc2)CC1. The molecule has 0 aliphatic carbocycles. The van der Waals surface area contributed by atoms with E-state index in [-0.39, 0.29) is 0 Å². The third-order valence-electron chi connectivity index (χ3n) is 3.05. The summed E-state index contributed by atoms with van der Waals surface area (Å²) in [5.74, 6) is 0. The number of nitrogens with zero attached hydrogens (tertiary/aromatic N) is 2. The van der Waals surface area contributed by atoms with Crippen molar-refractivity contribution in [3.05, 3.63) is 30.3 Å². The van der Waals surface area contributed by atoms with Crippen LogP contribution in [0.5, 0.6) is 0 Å². The first-order valence-electron chi connectivity index (χ1n) is 6.20. The van der Waals surface area contributed by atoms with Crippen molar-refractivity contribution in [3.8, 4) is 0 Å². The van der Waals surface area contributed by atoms with Gasteiger partial charge in [0.2, 0.25) is 0 Å². The van der Waals surface area contributed by atoms with Gasteiger partial charge in [0, 0.05) is 38.4 Å². The van der Waals surface area contributed by atoms with E-state index in [0.29, 0.717) is 0 Å². The molecule has 0 aromatic heterocycles. The van der Waals surface area contributed by atoms with Crippen molar-refractivity contribution in [1.29, 1.82) is 0 Å². The van der Waals surface area contributed by atoms with Gasteiger partial charge in [0.25, 0.3) is 0 Å². The Labute approximate surface area is 104 Å². The number of β-amino-alcohol motifs (C(OH)–C–C–N with tert-alkyl or cyclic N) is 1. The third kappa shape index (κ3) is 3.72. The Balaban J connectivity index is 1.86. The maximum Gasteiger partial charge on any atom is 0.0718 e. The molecule has 1 aromatic rings. The Morgan fingerprint density at radius 2 is 1.76 bits per heavy atom. The predicted molar refractivity (Wildman–Crippen MR) is 70.2 cm³/mol. The first-order valence-corrected chi connectivity index (χ1v) is 6.20. The molecule has 0 saturated carbocycles. The van der Waals surface area contributed by atoms with Gasteiger partial charge in [-0.3, -0.25) is 4.90 Å². The lowest BCUT2D eigenvalue weighted by Gasteiger charge is -2.38. The van der Waals surface area contributed by atoms with E-state index in [9.17, 15) is 5.11 Å². The number of piperazine rings is 1. The molecule has 1 fully saturated rings. The van der Waals surface area contributed by atoms with Gasteiger partial charge in [-0.15, -0.1) is 0 Å². The van der Waals surface area contributed by atoms with Crippen molar-refractivity contribution in [1.82, 2.24) is 4.90 Å². The van der Waals surface area contributed by atoms with Crippen LogP contribution in [0.3, 0.4) is 0 Å². The molecule has 0 unspecified atom stereocenters. The van der Waals surface area contributed by atoms with Gasteiger partial charge in [0.05, 0.1) is 5.60 Å². The summed E-state index contributed by atoms with van der Waals surface area (Å²) in [7, 11) is 0. The van der Waals surface area contributed by atoms with Gasteiger partial charge in [-0.05, 0) is 32.0 Å². The van der Waals surface area contributed by atoms with E-state index in [0.717, 1.165) is 32.7 Å². The Hall–Kier alpha value is -1.06. The van der Waals surface area contributed by atoms with Gasteiger partial charge in [-0.1, -0.05) is 12.1 Å². The molecule has 0 amide bonds. The minimum absolute atomic E-state index is 0.593. The zero-order valence-electron chi connectivity index (χ0n) is 10.7. The monoisotopic (exact) mass is 233 g/mol. The molecular formula is C14H21N2O. The Morgan fingerprint density at radius 1 is 1.18 bits per heavy atom. The topological polar surface area (TPSA) is 26.7 Å². The Kier molecular flexibility index (Phi) is 3.69. The molecule has 0 atom stereocenters. The minimum atomic E-state index is -0.593. The lowest BCUT2D eigenvalue weighted by Crippen LogP contribution is -2.50. The number of aliphatic hydroxyl groups is 1. The van der Waals surface area contributed by atoms with E-state index in [1.165, 1.54) is 5.69 Å². The zero-order chi connectivity index (χ0) is 12.3. The number of anilines is 1. The highest BCUT2D eigenvalue weighted by atomic mass is 16.3. The average molecular weight is 233 g/mol. The lowest BCUT2D eigenvalue weighted by atomic mass is 10.1. The summed E-state index contributed by atoms with van der Waals surface area (Å²) in [5.41, 5.74) is 0.677. The fraction of sp³-hybridized carbons (Fsp3) is 0.571. The highest BCUT2D eigenvalue weighted by molar-refractivity contribution is 5.46. The standard InChI is InChI=1S/C14H21N2O/c1-14(2,17)12-15-8-10-16(11-9-15)13-6-4-3-5-7-13/h4-7,17H,8-12H2,1-2H3. The molecule has 3 heteroatoms. The van der Waals surface area contributed by atoms with Crippen molar-refractivity contribution in [2.24, 2.45) is 0 Å². The van der Waals surface area contributed by atoms with Crippen LogP contribution in [-0.4, -0.2) is 48.3 Å². The molecule has 3 nitrogen and oxygen atoms in total. The lowest BCUT2D eigenvalue weighted by molar-refractivity contribution is 0.0345. The van der Waals surface area contributed by atoms with Crippen LogP contribution < -0.4 is 4.90 Å². The summed E-state index contributed by atoms with van der Waals surface area (Å²) >= 11 is 0. The van der Waals surface area contributed by atoms with Crippen molar-refractivity contribution in [2.75, 3.05) is 37.6 Å². The van der Waals surface area contributed by atoms with Crippen LogP contribution >= 0.6 is 0 Å². The summed E-state index contributed by atoms with van der Waals surface area (Å²) in [6, 6.07) is 11.2. The summed E-state index contributed by atoms with van der Waals surface area (Å²) in [5, 5.41) is 9.79. The normalized spacial score (nSPS) is 18.4. The minimum Gasteiger partial charge on any atom is -0.389 e. The summed E-state index contributed by atoms with van der Waals surface area (Å²) in [6.07, 6.45) is 0. The van der Waals surface area contributed by atoms with Crippen LogP contribution in [0.4, 0.5) is 5.69 Å². The van der Waals surface area contributed by atoms with Gasteiger partial charge < -0.3 is 10.0 Å². The molecule has 1 saturated heterocycles. The van der Waals surface area contributed by atoms with Crippen LogP contribution in [0.25, 0.3) is 0 Å². The smallest absolute Gasteiger partial charge is 0.0718 e. The Morgan fingerprint density at radius 3 is 2.29 bits per heavy atom. The largest absolute Gasteiger partial charge is 0.389 e. The second kappa shape index (κ2) is 5.07. The van der Waals surface area contributed by atoms with Crippen LogP contribution in [-0.2, 0) is 0 Å². The van der Waals surface area contributed by atoms with Crippen molar-refractivity contribution in [2.45, 2.75) is 19.4 Å². The molecule has 17 heavy (non-hydrogen) atoms. The van der Waals surface area contributed by atoms with Crippen LogP contribution in [0.15, 0.2) is 24.3 Å². The first-order chi connectivity index (χ1) is 8.04. The first kappa shape index (κ1) is 12.4. The van der Waals surface area contributed by atoms with E-state index < -0.39 is 5.60 Å². The van der Waals surface area contributed by atoms with Gasteiger partial charge >= 0.3 is 0 Å². The van der Waals surface area contributed by atoms with E-state index in [4.69, 9.17) is 0 Å². The number of benzene rings is 1. The van der Waals surface area contributed by atoms with Gasteiger partial charge in [0.15, 0.2) is 0 Å². The van der Waals surface area contributed by atoms with E-state index in [2.05, 4.69) is 28.0 Å². The molecule has 0 bridgehead atoms. The van der Waals surface area contributed by atoms with Crippen LogP contribution in [0, 0.1) is 6.07 Å². The molecule has 2 rings (SSSR count). The van der Waals surface area contributed by atoms with Gasteiger partial charge in [-0.25, -0.2) is 0 Å². The Bertz CT molecular complexity index is 337. The fourth-order valence-electron chi connectivity index (χ4n) is 2.30. The van der Waals surface area contributed by atoms with Crippen molar-refractivity contribution in [3.63, 3.8) is 0 Å². The number of hydrogen-bond acceptors (Lipinski definition) is 3. The van der Waals surface area contributed by atoms with Gasteiger partial charge in [0.1, 0.15) is 0 Å². The highest BCUT2D eigenvalue weighted by Crippen LogP contribution is 2.16. The number of rotatable bonds is 3. The average Bonchev–Trinajstić information content (AvgIpc) is 2.29. The van der Waals surface area contributed by atoms with Crippen LogP contribution in [0.1, 0.15) is 13.8 Å². The molecule has 1 heterocycles. The molecule has 1 aliphatic heterocycles. The molecule has 1 radical (unpaired) electrons. The molecule has 0 spiro atoms. The van der Waals surface area contributed by atoms with E-state index >= 15 is 0 Å². The summed E-state index contributed by atoms with van der Waals surface area (Å²) in [6.45, 7) is 8.58. The second-order valence-electron chi connectivity index (χ2n) is 5.33. The highest BCUT2D eigenvalue weighted by Gasteiger charge is 2.22. The molecule has 1 aromatic carbocycles. The van der Waals surface area contributed by atoms with Gasteiger partial charge in [-0.2, -0.15) is 0 Å².